The Kier molecular flexibility index (Phi) is 5.97. The van der Waals surface area contributed by atoms with Gasteiger partial charge in [-0.1, -0.05) is 24.3 Å². The average Bonchev–Trinajstić information content (AvgIpc) is 3.67. The van der Waals surface area contributed by atoms with Crippen LogP contribution in [0.3, 0.4) is 0 Å². The summed E-state index contributed by atoms with van der Waals surface area (Å²) in [6, 6.07) is 14.3. The van der Waals surface area contributed by atoms with Crippen LogP contribution < -0.4 is 10.5 Å². The molecule has 0 N–H and O–H groups in total. The lowest BCUT2D eigenvalue weighted by molar-refractivity contribution is -0.0115. The van der Waals surface area contributed by atoms with Gasteiger partial charge in [-0.2, -0.15) is 0 Å². The molecule has 2 aliphatic heterocycles. The van der Waals surface area contributed by atoms with Gasteiger partial charge in [0.1, 0.15) is 7.85 Å². The summed E-state index contributed by atoms with van der Waals surface area (Å²) in [4.78, 5) is 25.2. The molecule has 194 valence electrons. The van der Waals surface area contributed by atoms with Crippen LogP contribution in [0.25, 0.3) is 10.9 Å². The zero-order chi connectivity index (χ0) is 26.7. The monoisotopic (exact) mass is 539 g/mol. The number of ether oxygens (including phenoxy) is 1. The highest BCUT2D eigenvalue weighted by molar-refractivity contribution is 7.99. The van der Waals surface area contributed by atoms with Crippen LogP contribution in [-0.2, 0) is 30.4 Å². The Hall–Kier alpha value is -3.30. The minimum Gasteiger partial charge on any atom is -0.372 e. The van der Waals surface area contributed by atoms with Gasteiger partial charge in [0.15, 0.2) is 0 Å². The number of hydrogen-bond acceptors (Lipinski definition) is 5. The number of fused-ring (bicyclic) bond motifs is 4. The largest absolute Gasteiger partial charge is 0.372 e. The molecule has 5 nitrogen and oxygen atoms in total. The molecule has 7 rings (SSSR count). The normalized spacial score (nSPS) is 17.6. The summed E-state index contributed by atoms with van der Waals surface area (Å²) < 4.78 is 35.4. The van der Waals surface area contributed by atoms with Gasteiger partial charge in [0.25, 0.3) is 11.8 Å². The Labute approximate surface area is 230 Å². The van der Waals surface area contributed by atoms with E-state index in [1.165, 1.54) is 17.8 Å². The van der Waals surface area contributed by atoms with Gasteiger partial charge < -0.3 is 9.64 Å². The van der Waals surface area contributed by atoms with E-state index in [0.717, 1.165) is 40.6 Å². The molecule has 1 fully saturated rings. The van der Waals surface area contributed by atoms with E-state index in [-0.39, 0.29) is 30.2 Å². The zero-order valence-corrected chi connectivity index (χ0v) is 21.9. The Balaban J connectivity index is 1.31. The molecular formula is C30H24BF2N3O2S. The Morgan fingerprint density at radius 1 is 1.13 bits per heavy atom. The van der Waals surface area contributed by atoms with Gasteiger partial charge in [0.2, 0.25) is 0 Å². The number of aromatic nitrogens is 2. The number of benzene rings is 2. The van der Waals surface area contributed by atoms with Crippen molar-refractivity contribution < 1.29 is 18.3 Å². The second-order valence-corrected chi connectivity index (χ2v) is 11.5. The lowest BCUT2D eigenvalue weighted by atomic mass is 9.92. The van der Waals surface area contributed by atoms with Crippen molar-refractivity contribution in [3.05, 3.63) is 88.2 Å². The van der Waals surface area contributed by atoms with E-state index < -0.39 is 5.92 Å². The molecule has 2 radical (unpaired) electrons. The quantitative estimate of drug-likeness (QED) is 0.302. The predicted molar refractivity (Wildman–Crippen MR) is 148 cm³/mol. The molecule has 1 aliphatic carbocycles. The lowest BCUT2D eigenvalue weighted by Gasteiger charge is -2.31. The highest BCUT2D eigenvalue weighted by atomic mass is 32.2. The van der Waals surface area contributed by atoms with Gasteiger partial charge in [-0.3, -0.25) is 14.8 Å². The van der Waals surface area contributed by atoms with Gasteiger partial charge in [-0.05, 0) is 59.4 Å². The van der Waals surface area contributed by atoms with Crippen LogP contribution in [0.5, 0.6) is 0 Å². The first kappa shape index (κ1) is 24.7. The number of carbonyl (C=O) groups excluding carboxylic acids is 1. The number of pyridine rings is 2. The lowest BCUT2D eigenvalue weighted by Crippen LogP contribution is -2.32. The standard InChI is InChI=1S/C30H24BF2N3O2S/c31-28-22-16-38-15-21(22)20-8-4-17(12-25(20)35-28)14-36(29(37)19-7-9-24(34-13-19)18-5-6-18)26-3-1-2-23-27(26)39-11-10-30(23,32)33/h1-4,7-9,12-13,18H,5-6,10-11,14-16H2. The number of anilines is 1. The maximum absolute atomic E-state index is 14.9. The molecule has 3 aliphatic rings. The van der Waals surface area contributed by atoms with Crippen LogP contribution in [0.2, 0.25) is 0 Å². The maximum atomic E-state index is 14.9. The second kappa shape index (κ2) is 9.42. The minimum atomic E-state index is -2.94. The van der Waals surface area contributed by atoms with Gasteiger partial charge in [-0.15, -0.1) is 11.8 Å². The van der Waals surface area contributed by atoms with Crippen LogP contribution in [0, 0.1) is 0 Å². The van der Waals surface area contributed by atoms with Crippen LogP contribution >= 0.6 is 11.8 Å². The van der Waals surface area contributed by atoms with Crippen LogP contribution in [-0.4, -0.2) is 29.5 Å². The van der Waals surface area contributed by atoms with Crippen LogP contribution in [0.15, 0.2) is 59.6 Å². The Morgan fingerprint density at radius 3 is 2.77 bits per heavy atom. The molecule has 0 saturated heterocycles. The van der Waals surface area contributed by atoms with Crippen molar-refractivity contribution in [1.29, 1.82) is 0 Å². The van der Waals surface area contributed by atoms with Gasteiger partial charge >= 0.3 is 0 Å². The van der Waals surface area contributed by atoms with E-state index >= 15 is 0 Å². The highest BCUT2D eigenvalue weighted by Crippen LogP contribution is 2.48. The molecule has 0 unspecified atom stereocenters. The number of thioether (sulfide) groups is 1. The van der Waals surface area contributed by atoms with Crippen molar-refractivity contribution in [3.8, 4) is 0 Å². The van der Waals surface area contributed by atoms with Crippen molar-refractivity contribution in [1.82, 2.24) is 9.97 Å². The van der Waals surface area contributed by atoms with Gasteiger partial charge in [-0.25, -0.2) is 8.78 Å². The van der Waals surface area contributed by atoms with E-state index in [1.807, 2.05) is 24.3 Å². The molecule has 0 bridgehead atoms. The number of carbonyl (C=O) groups is 1. The van der Waals surface area contributed by atoms with Crippen LogP contribution in [0.1, 0.15) is 63.5 Å². The fraction of sp³-hybridized carbons (Fsp3) is 0.300. The summed E-state index contributed by atoms with van der Waals surface area (Å²) in [6.45, 7) is 1.11. The molecule has 1 saturated carbocycles. The summed E-state index contributed by atoms with van der Waals surface area (Å²) in [7, 11) is 6.21. The fourth-order valence-electron chi connectivity index (χ4n) is 5.47. The van der Waals surface area contributed by atoms with Gasteiger partial charge in [0.05, 0.1) is 36.5 Å². The molecule has 39 heavy (non-hydrogen) atoms. The number of hydrogen-bond donors (Lipinski definition) is 0. The van der Waals surface area contributed by atoms with E-state index in [1.54, 1.807) is 29.3 Å². The number of halogens is 2. The smallest absolute Gasteiger partial charge is 0.275 e. The van der Waals surface area contributed by atoms with Crippen molar-refractivity contribution >= 4 is 47.7 Å². The topological polar surface area (TPSA) is 55.3 Å². The van der Waals surface area contributed by atoms with Gasteiger partial charge in [0, 0.05) is 45.8 Å². The second-order valence-electron chi connectivity index (χ2n) is 10.4. The number of amides is 1. The van der Waals surface area contributed by atoms with Crippen molar-refractivity contribution in [2.24, 2.45) is 0 Å². The summed E-state index contributed by atoms with van der Waals surface area (Å²) >= 11 is 1.37. The Bertz CT molecular complexity index is 1630. The first-order chi connectivity index (χ1) is 18.9. The van der Waals surface area contributed by atoms with E-state index in [9.17, 15) is 13.6 Å². The summed E-state index contributed by atoms with van der Waals surface area (Å²) in [5.41, 5.74) is 5.78. The molecule has 0 spiro atoms. The third kappa shape index (κ3) is 4.41. The van der Waals surface area contributed by atoms with Crippen LogP contribution in [0.4, 0.5) is 14.5 Å². The molecule has 2 aromatic heterocycles. The van der Waals surface area contributed by atoms with E-state index in [0.29, 0.717) is 46.4 Å². The summed E-state index contributed by atoms with van der Waals surface area (Å²) in [5.74, 6) is -2.48. The maximum Gasteiger partial charge on any atom is 0.275 e. The highest BCUT2D eigenvalue weighted by Gasteiger charge is 2.39. The molecule has 0 atom stereocenters. The molecule has 4 aromatic rings. The Morgan fingerprint density at radius 2 is 1.97 bits per heavy atom. The predicted octanol–water partition coefficient (Wildman–Crippen LogP) is 5.77. The molecular weight excluding hydrogens is 515 g/mol. The minimum absolute atomic E-state index is 0.0280. The zero-order valence-electron chi connectivity index (χ0n) is 21.1. The number of rotatable bonds is 5. The summed E-state index contributed by atoms with van der Waals surface area (Å²) in [6.07, 6.45) is 3.61. The van der Waals surface area contributed by atoms with E-state index in [4.69, 9.17) is 12.6 Å². The summed E-state index contributed by atoms with van der Waals surface area (Å²) in [5, 5.41) is 0.963. The van der Waals surface area contributed by atoms with Crippen molar-refractivity contribution in [3.63, 3.8) is 0 Å². The fourth-order valence-corrected chi connectivity index (χ4v) is 6.73. The average molecular weight is 539 g/mol. The molecule has 9 heteroatoms. The molecule has 1 amide bonds. The first-order valence-corrected chi connectivity index (χ1v) is 14.1. The number of nitrogens with zero attached hydrogens (tertiary/aromatic N) is 3. The SMILES string of the molecule is [B]c1nc2cc(CN(C(=O)c3ccc(C4CC4)nc3)c3cccc4c3SCCC4(F)F)ccc2c2c1COC2. The van der Waals surface area contributed by atoms with E-state index in [2.05, 4.69) is 9.97 Å². The third-order valence-electron chi connectivity index (χ3n) is 7.75. The molecule has 4 heterocycles. The molecule has 2 aromatic carbocycles. The van der Waals surface area contributed by atoms with Crippen molar-refractivity contribution in [2.75, 3.05) is 10.7 Å². The van der Waals surface area contributed by atoms with Crippen molar-refractivity contribution in [2.45, 2.75) is 55.8 Å². The number of alkyl halides is 2. The first-order valence-electron chi connectivity index (χ1n) is 13.1. The third-order valence-corrected chi connectivity index (χ3v) is 8.88.